The summed E-state index contributed by atoms with van der Waals surface area (Å²) in [6.07, 6.45) is 1.29. The number of carbonyl (C=O) groups excluding carboxylic acids is 1. The smallest absolute Gasteiger partial charge is 0.326 e. The number of carboxylic acids is 1. The van der Waals surface area contributed by atoms with E-state index in [0.29, 0.717) is 0 Å². The number of hydrogen-bond acceptors (Lipinski definition) is 4. The van der Waals surface area contributed by atoms with E-state index in [1.54, 1.807) is 19.9 Å². The standard InChI is InChI=1S/C17H21N3O3/c1-10(2)15(17(22)23)20-16(21)13(8-18)9-19-14-7-11(3)5-6-12(14)4/h5-7,9-10,15,19H,1-4H3,(H,20,21)(H,22,23)/b13-9-. The molecule has 0 bridgehead atoms. The van der Waals surface area contributed by atoms with Crippen molar-refractivity contribution in [2.75, 3.05) is 5.32 Å². The molecule has 0 spiro atoms. The molecule has 23 heavy (non-hydrogen) atoms. The predicted octanol–water partition coefficient (Wildman–Crippen LogP) is 2.35. The summed E-state index contributed by atoms with van der Waals surface area (Å²) in [5, 5.41) is 23.5. The molecule has 1 rings (SSSR count). The van der Waals surface area contributed by atoms with E-state index in [1.165, 1.54) is 6.20 Å². The molecular formula is C17H21N3O3. The highest BCUT2D eigenvalue weighted by Crippen LogP contribution is 2.16. The summed E-state index contributed by atoms with van der Waals surface area (Å²) in [5.74, 6) is -2.14. The second-order valence-electron chi connectivity index (χ2n) is 5.67. The highest BCUT2D eigenvalue weighted by Gasteiger charge is 2.24. The molecule has 1 unspecified atom stereocenters. The molecule has 0 fully saturated rings. The van der Waals surface area contributed by atoms with Gasteiger partial charge >= 0.3 is 5.97 Å². The van der Waals surface area contributed by atoms with Gasteiger partial charge in [-0.2, -0.15) is 5.26 Å². The van der Waals surface area contributed by atoms with Crippen LogP contribution in [0.5, 0.6) is 0 Å². The molecule has 0 saturated heterocycles. The van der Waals surface area contributed by atoms with Crippen molar-refractivity contribution in [2.45, 2.75) is 33.7 Å². The lowest BCUT2D eigenvalue weighted by Crippen LogP contribution is -2.44. The second-order valence-corrected chi connectivity index (χ2v) is 5.67. The molecule has 122 valence electrons. The summed E-state index contributed by atoms with van der Waals surface area (Å²) in [7, 11) is 0. The van der Waals surface area contributed by atoms with Crippen molar-refractivity contribution in [2.24, 2.45) is 5.92 Å². The third kappa shape index (κ3) is 5.15. The van der Waals surface area contributed by atoms with E-state index >= 15 is 0 Å². The summed E-state index contributed by atoms with van der Waals surface area (Å²) in [5.41, 5.74) is 2.61. The Morgan fingerprint density at radius 3 is 2.48 bits per heavy atom. The lowest BCUT2D eigenvalue weighted by atomic mass is 10.0. The van der Waals surface area contributed by atoms with Crippen LogP contribution < -0.4 is 10.6 Å². The maximum atomic E-state index is 12.1. The summed E-state index contributed by atoms with van der Waals surface area (Å²) >= 11 is 0. The van der Waals surface area contributed by atoms with Crippen LogP contribution in [0.25, 0.3) is 0 Å². The van der Waals surface area contributed by atoms with Gasteiger partial charge in [-0.15, -0.1) is 0 Å². The van der Waals surface area contributed by atoms with Gasteiger partial charge in [-0.25, -0.2) is 4.79 Å². The normalized spacial score (nSPS) is 12.4. The molecule has 3 N–H and O–H groups in total. The number of nitriles is 1. The molecule has 1 atom stereocenters. The SMILES string of the molecule is Cc1ccc(C)c(N/C=C(/C#N)C(=O)NC(C(=O)O)C(C)C)c1. The fourth-order valence-corrected chi connectivity index (χ4v) is 1.92. The van der Waals surface area contributed by atoms with E-state index in [0.717, 1.165) is 16.8 Å². The number of nitrogens with one attached hydrogen (secondary N) is 2. The summed E-state index contributed by atoms with van der Waals surface area (Å²) in [4.78, 5) is 23.2. The minimum absolute atomic E-state index is 0.183. The van der Waals surface area contributed by atoms with Gasteiger partial charge < -0.3 is 15.7 Å². The van der Waals surface area contributed by atoms with E-state index in [2.05, 4.69) is 10.6 Å². The molecule has 0 aliphatic carbocycles. The van der Waals surface area contributed by atoms with Gasteiger partial charge in [0.05, 0.1) is 0 Å². The molecule has 1 amide bonds. The first kappa shape index (κ1) is 18.2. The summed E-state index contributed by atoms with van der Waals surface area (Å²) in [6.45, 7) is 7.21. The van der Waals surface area contributed by atoms with Crippen molar-refractivity contribution >= 4 is 17.6 Å². The predicted molar refractivity (Wildman–Crippen MR) is 87.6 cm³/mol. The first-order valence-corrected chi connectivity index (χ1v) is 7.24. The largest absolute Gasteiger partial charge is 0.480 e. The van der Waals surface area contributed by atoms with Crippen molar-refractivity contribution < 1.29 is 14.7 Å². The molecule has 0 aliphatic heterocycles. The van der Waals surface area contributed by atoms with Gasteiger partial charge in [0, 0.05) is 11.9 Å². The first-order valence-electron chi connectivity index (χ1n) is 7.24. The number of aliphatic carboxylic acids is 1. The van der Waals surface area contributed by atoms with Crippen molar-refractivity contribution in [3.8, 4) is 6.07 Å². The van der Waals surface area contributed by atoms with Crippen LogP contribution in [0.1, 0.15) is 25.0 Å². The van der Waals surface area contributed by atoms with Crippen LogP contribution in [0, 0.1) is 31.1 Å². The number of rotatable bonds is 6. The molecule has 0 heterocycles. The minimum atomic E-state index is -1.13. The van der Waals surface area contributed by atoms with Crippen LogP contribution in [-0.4, -0.2) is 23.0 Å². The molecule has 6 nitrogen and oxygen atoms in total. The Morgan fingerprint density at radius 1 is 1.30 bits per heavy atom. The van der Waals surface area contributed by atoms with Gasteiger partial charge in [-0.05, 0) is 37.0 Å². The maximum absolute atomic E-state index is 12.1. The third-order valence-electron chi connectivity index (χ3n) is 3.35. The quantitative estimate of drug-likeness (QED) is 0.552. The highest BCUT2D eigenvalue weighted by atomic mass is 16.4. The lowest BCUT2D eigenvalue weighted by Gasteiger charge is -2.17. The summed E-state index contributed by atoms with van der Waals surface area (Å²) < 4.78 is 0. The zero-order chi connectivity index (χ0) is 17.6. The minimum Gasteiger partial charge on any atom is -0.480 e. The van der Waals surface area contributed by atoms with E-state index in [4.69, 9.17) is 10.4 Å². The Morgan fingerprint density at radius 2 is 1.96 bits per heavy atom. The average Bonchev–Trinajstić information content (AvgIpc) is 2.48. The van der Waals surface area contributed by atoms with Crippen LogP contribution in [-0.2, 0) is 9.59 Å². The number of nitrogens with zero attached hydrogens (tertiary/aromatic N) is 1. The second kappa shape index (κ2) is 7.99. The summed E-state index contributed by atoms with van der Waals surface area (Å²) in [6, 6.07) is 6.53. The van der Waals surface area contributed by atoms with Gasteiger partial charge in [0.15, 0.2) is 0 Å². The highest BCUT2D eigenvalue weighted by molar-refractivity contribution is 5.99. The Labute approximate surface area is 135 Å². The van der Waals surface area contributed by atoms with Crippen molar-refractivity contribution in [3.05, 3.63) is 41.1 Å². The number of benzene rings is 1. The zero-order valence-corrected chi connectivity index (χ0v) is 13.7. The van der Waals surface area contributed by atoms with Crippen LogP contribution in [0.4, 0.5) is 5.69 Å². The Balaban J connectivity index is 2.91. The van der Waals surface area contributed by atoms with Gasteiger partial charge in [-0.3, -0.25) is 4.79 Å². The van der Waals surface area contributed by atoms with Gasteiger partial charge in [0.1, 0.15) is 17.7 Å². The van der Waals surface area contributed by atoms with Crippen molar-refractivity contribution in [1.82, 2.24) is 5.32 Å². The fourth-order valence-electron chi connectivity index (χ4n) is 1.92. The van der Waals surface area contributed by atoms with Crippen LogP contribution in [0.3, 0.4) is 0 Å². The number of aryl methyl sites for hydroxylation is 2. The molecule has 0 radical (unpaired) electrons. The molecular weight excluding hydrogens is 294 g/mol. The third-order valence-corrected chi connectivity index (χ3v) is 3.35. The van der Waals surface area contributed by atoms with Gasteiger partial charge in [-0.1, -0.05) is 26.0 Å². The monoisotopic (exact) mass is 315 g/mol. The van der Waals surface area contributed by atoms with Crippen LogP contribution in [0.15, 0.2) is 30.0 Å². The molecule has 0 aliphatic rings. The zero-order valence-electron chi connectivity index (χ0n) is 13.7. The van der Waals surface area contributed by atoms with Gasteiger partial charge in [0.2, 0.25) is 0 Å². The van der Waals surface area contributed by atoms with Gasteiger partial charge in [0.25, 0.3) is 5.91 Å². The number of carboxylic acid groups (broad SMARTS) is 1. The van der Waals surface area contributed by atoms with Crippen LogP contribution in [0.2, 0.25) is 0 Å². The molecule has 1 aromatic rings. The Kier molecular flexibility index (Phi) is 6.34. The molecule has 1 aromatic carbocycles. The molecule has 0 saturated carbocycles. The first-order chi connectivity index (χ1) is 10.8. The fraction of sp³-hybridized carbons (Fsp3) is 0.353. The topological polar surface area (TPSA) is 102 Å². The number of amides is 1. The number of hydrogen-bond donors (Lipinski definition) is 3. The Hall–Kier alpha value is -2.81. The van der Waals surface area contributed by atoms with E-state index in [9.17, 15) is 9.59 Å². The van der Waals surface area contributed by atoms with Crippen molar-refractivity contribution in [3.63, 3.8) is 0 Å². The Bertz CT molecular complexity index is 672. The van der Waals surface area contributed by atoms with Crippen LogP contribution >= 0.6 is 0 Å². The molecule has 0 aromatic heterocycles. The number of carbonyl (C=O) groups is 2. The van der Waals surface area contributed by atoms with E-state index < -0.39 is 17.9 Å². The number of anilines is 1. The molecule has 6 heteroatoms. The van der Waals surface area contributed by atoms with E-state index in [-0.39, 0.29) is 11.5 Å². The maximum Gasteiger partial charge on any atom is 0.326 e. The van der Waals surface area contributed by atoms with E-state index in [1.807, 2.05) is 32.0 Å². The lowest BCUT2D eigenvalue weighted by molar-refractivity contribution is -0.142. The average molecular weight is 315 g/mol. The van der Waals surface area contributed by atoms with Crippen molar-refractivity contribution in [1.29, 1.82) is 5.26 Å².